The van der Waals surface area contributed by atoms with E-state index in [0.717, 1.165) is 11.3 Å². The van der Waals surface area contributed by atoms with Gasteiger partial charge in [0.05, 0.1) is 13.2 Å². The number of nitrogens with one attached hydrogen (secondary N) is 1. The van der Waals surface area contributed by atoms with Crippen molar-refractivity contribution in [2.24, 2.45) is 0 Å². The summed E-state index contributed by atoms with van der Waals surface area (Å²) in [4.78, 5) is 14.6. The summed E-state index contributed by atoms with van der Waals surface area (Å²) in [7, 11) is 5.60. The predicted molar refractivity (Wildman–Crippen MR) is 94.3 cm³/mol. The smallest absolute Gasteiger partial charge is 0.251 e. The lowest BCUT2D eigenvalue weighted by atomic mass is 10.0. The quantitative estimate of drug-likeness (QED) is 0.874. The number of nitrogens with zero attached hydrogens (tertiary/aromatic N) is 1. The van der Waals surface area contributed by atoms with Crippen molar-refractivity contribution in [3.05, 3.63) is 53.6 Å². The van der Waals surface area contributed by atoms with Gasteiger partial charge in [0.15, 0.2) is 11.5 Å². The van der Waals surface area contributed by atoms with Crippen molar-refractivity contribution in [2.45, 2.75) is 6.04 Å². The van der Waals surface area contributed by atoms with E-state index in [4.69, 9.17) is 14.2 Å². The third-order valence-corrected chi connectivity index (χ3v) is 4.21. The summed E-state index contributed by atoms with van der Waals surface area (Å²) in [5, 5.41) is 2.99. The molecule has 0 spiro atoms. The molecule has 2 aromatic carbocycles. The van der Waals surface area contributed by atoms with E-state index in [2.05, 4.69) is 10.2 Å². The molecule has 0 saturated heterocycles. The van der Waals surface area contributed by atoms with Crippen molar-refractivity contribution in [3.63, 3.8) is 0 Å². The van der Waals surface area contributed by atoms with Gasteiger partial charge in [0.25, 0.3) is 5.91 Å². The summed E-state index contributed by atoms with van der Waals surface area (Å²) in [6, 6.07) is 13.0. The van der Waals surface area contributed by atoms with Crippen LogP contribution >= 0.6 is 0 Å². The Morgan fingerprint density at radius 1 is 1.20 bits per heavy atom. The number of rotatable bonds is 6. The average Bonchev–Trinajstić information content (AvgIpc) is 3.09. The van der Waals surface area contributed by atoms with Gasteiger partial charge < -0.3 is 24.4 Å². The minimum absolute atomic E-state index is 0.00545. The molecule has 1 aliphatic rings. The van der Waals surface area contributed by atoms with Crippen LogP contribution in [0.15, 0.2) is 42.5 Å². The summed E-state index contributed by atoms with van der Waals surface area (Å²) in [6.45, 7) is 0.650. The van der Waals surface area contributed by atoms with Gasteiger partial charge in [0, 0.05) is 17.7 Å². The molecule has 0 fully saturated rings. The second kappa shape index (κ2) is 7.44. The normalized spacial score (nSPS) is 13.6. The minimum atomic E-state index is -0.153. The van der Waals surface area contributed by atoms with Gasteiger partial charge in [-0.25, -0.2) is 0 Å². The fourth-order valence-electron chi connectivity index (χ4n) is 2.84. The molecule has 6 nitrogen and oxygen atoms in total. The maximum Gasteiger partial charge on any atom is 0.251 e. The first-order valence-electron chi connectivity index (χ1n) is 8.07. The molecule has 25 heavy (non-hydrogen) atoms. The fourth-order valence-corrected chi connectivity index (χ4v) is 2.84. The van der Waals surface area contributed by atoms with Crippen LogP contribution in [0.2, 0.25) is 0 Å². The van der Waals surface area contributed by atoms with Crippen molar-refractivity contribution in [2.75, 3.05) is 34.5 Å². The molecule has 1 unspecified atom stereocenters. The van der Waals surface area contributed by atoms with Crippen LogP contribution in [-0.2, 0) is 0 Å². The summed E-state index contributed by atoms with van der Waals surface area (Å²) in [5.41, 5.74) is 1.57. The number of carbonyl (C=O) groups excluding carboxylic acids is 1. The third-order valence-electron chi connectivity index (χ3n) is 4.21. The van der Waals surface area contributed by atoms with Gasteiger partial charge in [-0.05, 0) is 38.4 Å². The Morgan fingerprint density at radius 3 is 2.72 bits per heavy atom. The number of methoxy groups -OCH3 is 1. The van der Waals surface area contributed by atoms with Crippen LogP contribution in [0.5, 0.6) is 17.2 Å². The van der Waals surface area contributed by atoms with E-state index >= 15 is 0 Å². The lowest BCUT2D eigenvalue weighted by Gasteiger charge is -2.26. The Bertz CT molecular complexity index is 761. The molecule has 6 heteroatoms. The number of hydrogen-bond donors (Lipinski definition) is 1. The highest BCUT2D eigenvalue weighted by molar-refractivity contribution is 5.95. The van der Waals surface area contributed by atoms with Crippen LogP contribution < -0.4 is 19.5 Å². The fraction of sp³-hybridized carbons (Fsp3) is 0.316. The number of amides is 1. The van der Waals surface area contributed by atoms with Crippen LogP contribution in [0.1, 0.15) is 22.0 Å². The first-order chi connectivity index (χ1) is 12.1. The van der Waals surface area contributed by atoms with Crippen LogP contribution in [0, 0.1) is 0 Å². The second-order valence-corrected chi connectivity index (χ2v) is 6.00. The summed E-state index contributed by atoms with van der Waals surface area (Å²) in [6.07, 6.45) is 0. The van der Waals surface area contributed by atoms with E-state index in [0.29, 0.717) is 23.6 Å². The topological polar surface area (TPSA) is 60.0 Å². The zero-order chi connectivity index (χ0) is 17.8. The van der Waals surface area contributed by atoms with Crippen LogP contribution in [-0.4, -0.2) is 45.3 Å². The highest BCUT2D eigenvalue weighted by Crippen LogP contribution is 2.32. The van der Waals surface area contributed by atoms with Crippen LogP contribution in [0.3, 0.4) is 0 Å². The van der Waals surface area contributed by atoms with E-state index < -0.39 is 0 Å². The first kappa shape index (κ1) is 17.1. The van der Waals surface area contributed by atoms with Crippen molar-refractivity contribution in [1.82, 2.24) is 10.2 Å². The monoisotopic (exact) mass is 342 g/mol. The molecule has 0 aliphatic carbocycles. The zero-order valence-corrected chi connectivity index (χ0v) is 14.6. The summed E-state index contributed by atoms with van der Waals surface area (Å²) < 4.78 is 16.0. The van der Waals surface area contributed by atoms with Crippen molar-refractivity contribution >= 4 is 5.91 Å². The molecule has 1 amide bonds. The van der Waals surface area contributed by atoms with Crippen LogP contribution in [0.25, 0.3) is 0 Å². The van der Waals surface area contributed by atoms with Gasteiger partial charge in [-0.3, -0.25) is 4.79 Å². The molecule has 1 atom stereocenters. The Labute approximate surface area is 147 Å². The minimum Gasteiger partial charge on any atom is -0.496 e. The Kier molecular flexibility index (Phi) is 5.09. The highest BCUT2D eigenvalue weighted by Gasteiger charge is 2.20. The van der Waals surface area contributed by atoms with E-state index in [1.807, 2.05) is 38.4 Å². The number of fused-ring (bicyclic) bond motifs is 1. The van der Waals surface area contributed by atoms with E-state index in [1.54, 1.807) is 25.3 Å². The van der Waals surface area contributed by atoms with Crippen LogP contribution in [0.4, 0.5) is 0 Å². The number of para-hydroxylation sites is 1. The SMILES string of the molecule is COc1ccccc1C(CNC(=O)c1ccc2c(c1)OCO2)N(C)C. The number of hydrogen-bond acceptors (Lipinski definition) is 5. The molecule has 0 aromatic heterocycles. The molecule has 1 heterocycles. The van der Waals surface area contributed by atoms with E-state index in [1.165, 1.54) is 0 Å². The van der Waals surface area contributed by atoms with Crippen molar-refractivity contribution in [3.8, 4) is 17.2 Å². The molecular weight excluding hydrogens is 320 g/mol. The van der Waals surface area contributed by atoms with Gasteiger partial charge in [-0.15, -0.1) is 0 Å². The second-order valence-electron chi connectivity index (χ2n) is 6.00. The molecule has 0 bridgehead atoms. The highest BCUT2D eigenvalue weighted by atomic mass is 16.7. The Morgan fingerprint density at radius 2 is 1.96 bits per heavy atom. The molecule has 132 valence electrons. The van der Waals surface area contributed by atoms with Gasteiger partial charge in [0.2, 0.25) is 6.79 Å². The lowest BCUT2D eigenvalue weighted by Crippen LogP contribution is -2.34. The maximum absolute atomic E-state index is 12.5. The number of ether oxygens (including phenoxy) is 3. The number of benzene rings is 2. The standard InChI is InChI=1S/C19H22N2O4/c1-21(2)15(14-6-4-5-7-16(14)23-3)11-20-19(22)13-8-9-17-18(10-13)25-12-24-17/h4-10,15H,11-12H2,1-3H3,(H,20,22). The third kappa shape index (κ3) is 3.69. The maximum atomic E-state index is 12.5. The molecule has 1 N–H and O–H groups in total. The molecule has 0 radical (unpaired) electrons. The van der Waals surface area contributed by atoms with E-state index in [-0.39, 0.29) is 18.7 Å². The van der Waals surface area contributed by atoms with E-state index in [9.17, 15) is 4.79 Å². The number of likely N-dealkylation sites (N-methyl/N-ethyl adjacent to an activating group) is 1. The Balaban J connectivity index is 1.72. The van der Waals surface area contributed by atoms with Crippen molar-refractivity contribution in [1.29, 1.82) is 0 Å². The average molecular weight is 342 g/mol. The lowest BCUT2D eigenvalue weighted by molar-refractivity contribution is 0.0941. The largest absolute Gasteiger partial charge is 0.496 e. The van der Waals surface area contributed by atoms with Gasteiger partial charge >= 0.3 is 0 Å². The van der Waals surface area contributed by atoms with Gasteiger partial charge in [-0.2, -0.15) is 0 Å². The molecule has 3 rings (SSSR count). The summed E-state index contributed by atoms with van der Waals surface area (Å²) in [5.74, 6) is 1.91. The molecule has 2 aromatic rings. The van der Waals surface area contributed by atoms with Crippen molar-refractivity contribution < 1.29 is 19.0 Å². The van der Waals surface area contributed by atoms with Gasteiger partial charge in [-0.1, -0.05) is 18.2 Å². The zero-order valence-electron chi connectivity index (χ0n) is 14.6. The predicted octanol–water partition coefficient (Wildman–Crippen LogP) is 2.46. The first-order valence-corrected chi connectivity index (χ1v) is 8.07. The molecule has 0 saturated carbocycles. The molecule has 1 aliphatic heterocycles. The summed E-state index contributed by atoms with van der Waals surface area (Å²) >= 11 is 0. The number of carbonyl (C=O) groups is 1. The van der Waals surface area contributed by atoms with Gasteiger partial charge in [0.1, 0.15) is 5.75 Å². The molecular formula is C19H22N2O4. The Hall–Kier alpha value is -2.73.